The van der Waals surface area contributed by atoms with E-state index in [0.29, 0.717) is 5.75 Å². The van der Waals surface area contributed by atoms with Crippen LogP contribution in [0.3, 0.4) is 0 Å². The van der Waals surface area contributed by atoms with Crippen molar-refractivity contribution in [3.63, 3.8) is 0 Å². The van der Waals surface area contributed by atoms with Crippen LogP contribution in [-0.2, 0) is 9.59 Å². The van der Waals surface area contributed by atoms with Crippen LogP contribution in [0, 0.1) is 22.0 Å². The Morgan fingerprint density at radius 2 is 1.34 bits per heavy atom. The number of nitro benzene ring substituents is 1. The van der Waals surface area contributed by atoms with E-state index in [1.165, 1.54) is 18.3 Å². The van der Waals surface area contributed by atoms with Gasteiger partial charge < -0.3 is 9.47 Å². The molecule has 1 fully saturated rings. The maximum absolute atomic E-state index is 13.6. The Morgan fingerprint density at radius 3 is 1.83 bits per heavy atom. The van der Waals surface area contributed by atoms with E-state index in [1.807, 2.05) is 48.5 Å². The summed E-state index contributed by atoms with van der Waals surface area (Å²) in [6.07, 6.45) is 1.18. The monoisotopic (exact) mass is 467 g/mol. The van der Waals surface area contributed by atoms with Gasteiger partial charge in [0.15, 0.2) is 11.5 Å². The molecule has 2 amide bonds. The van der Waals surface area contributed by atoms with Crippen molar-refractivity contribution in [2.75, 3.05) is 6.79 Å². The minimum absolute atomic E-state index is 0.0383. The molecule has 0 N–H and O–H groups in total. The van der Waals surface area contributed by atoms with Crippen molar-refractivity contribution in [1.82, 2.24) is 5.01 Å². The molecule has 0 radical (unpaired) electrons. The number of fused-ring (bicyclic) bond motifs is 1. The summed E-state index contributed by atoms with van der Waals surface area (Å²) in [6, 6.07) is 18.6. The number of hydrogen-bond acceptors (Lipinski definition) is 7. The van der Waals surface area contributed by atoms with Gasteiger partial charge in [0, 0.05) is 11.8 Å². The molecule has 0 saturated carbocycles. The molecule has 3 aromatic rings. The maximum Gasteiger partial charge on any atom is 0.282 e. The average Bonchev–Trinajstić information content (AvgIpc) is 3.44. The first kappa shape index (κ1) is 19.9. The third-order valence-corrected chi connectivity index (χ3v) is 7.46. The van der Waals surface area contributed by atoms with E-state index in [9.17, 15) is 19.7 Å². The van der Waals surface area contributed by atoms with Crippen LogP contribution in [0.5, 0.6) is 11.5 Å². The van der Waals surface area contributed by atoms with E-state index in [2.05, 4.69) is 5.10 Å². The van der Waals surface area contributed by atoms with Gasteiger partial charge in [-0.2, -0.15) is 10.1 Å². The number of hydrazone groups is 1. The fraction of sp³-hybridized carbons (Fsp3) is 0.192. The molecule has 9 nitrogen and oxygen atoms in total. The van der Waals surface area contributed by atoms with Crippen LogP contribution in [-0.4, -0.2) is 34.8 Å². The molecule has 2 atom stereocenters. The van der Waals surface area contributed by atoms with Crippen molar-refractivity contribution >= 4 is 23.7 Å². The highest BCUT2D eigenvalue weighted by Crippen LogP contribution is 2.61. The first-order valence-electron chi connectivity index (χ1n) is 11.2. The molecule has 2 bridgehead atoms. The van der Waals surface area contributed by atoms with Crippen LogP contribution in [0.25, 0.3) is 0 Å². The SMILES string of the molecule is O=C1[C@@H]2C3c4ccccc4C(c4ccccc43)[C@@H]2C(=O)N1/N=C\c1cc2c(cc1[N+](=O)[O-])OCO2. The third kappa shape index (κ3) is 2.60. The summed E-state index contributed by atoms with van der Waals surface area (Å²) in [5.41, 5.74) is 4.12. The van der Waals surface area contributed by atoms with Gasteiger partial charge in [0.25, 0.3) is 17.5 Å². The second-order valence-corrected chi connectivity index (χ2v) is 9.02. The van der Waals surface area contributed by atoms with E-state index in [0.717, 1.165) is 27.3 Å². The quantitative estimate of drug-likeness (QED) is 0.252. The molecule has 9 heteroatoms. The topological polar surface area (TPSA) is 111 Å². The molecule has 3 aliphatic carbocycles. The highest BCUT2D eigenvalue weighted by molar-refractivity contribution is 6.08. The summed E-state index contributed by atoms with van der Waals surface area (Å²) in [5, 5.41) is 16.7. The smallest absolute Gasteiger partial charge is 0.282 e. The Balaban J connectivity index is 1.31. The van der Waals surface area contributed by atoms with Crippen molar-refractivity contribution in [2.45, 2.75) is 11.8 Å². The van der Waals surface area contributed by atoms with Crippen molar-refractivity contribution in [1.29, 1.82) is 0 Å². The lowest BCUT2D eigenvalue weighted by Crippen LogP contribution is -2.41. The van der Waals surface area contributed by atoms with E-state index < -0.39 is 28.6 Å². The lowest BCUT2D eigenvalue weighted by atomic mass is 9.55. The summed E-state index contributed by atoms with van der Waals surface area (Å²) in [6.45, 7) is -0.0383. The zero-order valence-corrected chi connectivity index (χ0v) is 18.2. The van der Waals surface area contributed by atoms with Crippen LogP contribution in [0.4, 0.5) is 5.69 Å². The number of rotatable bonds is 3. The van der Waals surface area contributed by atoms with Crippen LogP contribution in [0.1, 0.15) is 39.7 Å². The molecular formula is C26H17N3O6. The molecule has 0 aromatic heterocycles. The van der Waals surface area contributed by atoms with E-state index in [4.69, 9.17) is 9.47 Å². The normalized spacial score (nSPS) is 25.1. The molecule has 2 heterocycles. The van der Waals surface area contributed by atoms with Crippen molar-refractivity contribution in [3.8, 4) is 11.5 Å². The number of nitrogens with zero attached hydrogens (tertiary/aromatic N) is 3. The molecule has 0 spiro atoms. The van der Waals surface area contributed by atoms with Crippen molar-refractivity contribution in [2.24, 2.45) is 16.9 Å². The highest BCUT2D eigenvalue weighted by atomic mass is 16.7. The van der Waals surface area contributed by atoms with Gasteiger partial charge in [0.1, 0.15) is 0 Å². The van der Waals surface area contributed by atoms with E-state index in [1.54, 1.807) is 0 Å². The van der Waals surface area contributed by atoms with Crippen LogP contribution in [0.2, 0.25) is 0 Å². The van der Waals surface area contributed by atoms with E-state index in [-0.39, 0.29) is 35.6 Å². The lowest BCUT2D eigenvalue weighted by Gasteiger charge is -2.45. The molecule has 3 aromatic carbocycles. The van der Waals surface area contributed by atoms with Gasteiger partial charge in [-0.3, -0.25) is 19.7 Å². The lowest BCUT2D eigenvalue weighted by molar-refractivity contribution is -0.385. The minimum atomic E-state index is -0.568. The van der Waals surface area contributed by atoms with Gasteiger partial charge >= 0.3 is 0 Å². The summed E-state index contributed by atoms with van der Waals surface area (Å²) in [5.74, 6) is -1.79. The Hall–Kier alpha value is -4.53. The third-order valence-electron chi connectivity index (χ3n) is 7.46. The summed E-state index contributed by atoms with van der Waals surface area (Å²) < 4.78 is 10.5. The second-order valence-electron chi connectivity index (χ2n) is 9.02. The van der Waals surface area contributed by atoms with Crippen molar-refractivity contribution < 1.29 is 24.0 Å². The predicted octanol–water partition coefficient (Wildman–Crippen LogP) is 3.55. The zero-order valence-electron chi connectivity index (χ0n) is 18.2. The van der Waals surface area contributed by atoms with Crippen LogP contribution >= 0.6 is 0 Å². The fourth-order valence-electron chi connectivity index (χ4n) is 6.10. The molecule has 1 saturated heterocycles. The number of carbonyl (C=O) groups is 2. The van der Waals surface area contributed by atoms with Gasteiger partial charge in [0.05, 0.1) is 34.6 Å². The largest absolute Gasteiger partial charge is 0.454 e. The molecular weight excluding hydrogens is 450 g/mol. The van der Waals surface area contributed by atoms with Crippen LogP contribution < -0.4 is 9.47 Å². The summed E-state index contributed by atoms with van der Waals surface area (Å²) >= 11 is 0. The molecule has 5 aliphatic rings. The Kier molecular flexibility index (Phi) is 3.97. The van der Waals surface area contributed by atoms with E-state index >= 15 is 0 Å². The Morgan fingerprint density at radius 1 is 0.857 bits per heavy atom. The first-order chi connectivity index (χ1) is 17.0. The first-order valence-corrected chi connectivity index (χ1v) is 11.2. The summed E-state index contributed by atoms with van der Waals surface area (Å²) in [4.78, 5) is 38.2. The molecule has 172 valence electrons. The number of benzene rings is 3. The number of nitro groups is 1. The number of ether oxygens (including phenoxy) is 2. The standard InChI is InChI=1S/C26H17N3O6/c30-25-23-21-14-5-1-2-6-15(14)22(17-8-4-3-7-16(17)21)24(23)26(31)28(25)27-11-13-9-19-20(35-12-34-19)10-18(13)29(32)33/h1-11,21-24H,12H2/b27-11-/t21?,22?,23-,24+. The van der Waals surface area contributed by atoms with Crippen LogP contribution in [0.15, 0.2) is 65.8 Å². The van der Waals surface area contributed by atoms with Gasteiger partial charge in [-0.05, 0) is 28.3 Å². The molecule has 0 unspecified atom stereocenters. The molecule has 8 rings (SSSR count). The average molecular weight is 467 g/mol. The van der Waals surface area contributed by atoms with Gasteiger partial charge in [-0.1, -0.05) is 48.5 Å². The number of hydrogen-bond donors (Lipinski definition) is 0. The minimum Gasteiger partial charge on any atom is -0.454 e. The van der Waals surface area contributed by atoms with Gasteiger partial charge in [-0.15, -0.1) is 0 Å². The van der Waals surface area contributed by atoms with Gasteiger partial charge in [0.2, 0.25) is 6.79 Å². The Bertz CT molecular complexity index is 1380. The predicted molar refractivity (Wildman–Crippen MR) is 122 cm³/mol. The number of carbonyl (C=O) groups excluding carboxylic acids is 2. The summed E-state index contributed by atoms with van der Waals surface area (Å²) in [7, 11) is 0. The second kappa shape index (κ2) is 6.99. The van der Waals surface area contributed by atoms with Gasteiger partial charge in [-0.25, -0.2) is 0 Å². The number of amides is 2. The molecule has 2 aliphatic heterocycles. The Labute approximate surface area is 198 Å². The zero-order chi connectivity index (χ0) is 23.8. The highest BCUT2D eigenvalue weighted by Gasteiger charge is 2.61. The number of imide groups is 1. The maximum atomic E-state index is 13.6. The van der Waals surface area contributed by atoms with Crippen molar-refractivity contribution in [3.05, 3.63) is 98.6 Å². The fourth-order valence-corrected chi connectivity index (χ4v) is 6.10. The molecule has 35 heavy (non-hydrogen) atoms.